The van der Waals surface area contributed by atoms with E-state index in [0.29, 0.717) is 24.7 Å². The third-order valence-corrected chi connectivity index (χ3v) is 3.98. The number of halogens is 3. The SMILES string of the molecule is CC(O)CNCc1cc(Br)ccc1OCc1ccccc1Cl.Cl. The van der Waals surface area contributed by atoms with E-state index < -0.39 is 0 Å². The standard InChI is InChI=1S/C17H19BrClNO2.ClH/c1-12(21)9-20-10-14-8-15(18)6-7-17(14)22-11-13-4-2-3-5-16(13)19;/h2-8,12,20-21H,9-11H2,1H3;1H. The molecule has 0 saturated carbocycles. The van der Waals surface area contributed by atoms with Gasteiger partial charge in [-0.15, -0.1) is 12.4 Å². The molecule has 0 radical (unpaired) electrons. The molecule has 0 spiro atoms. The molecule has 23 heavy (non-hydrogen) atoms. The van der Waals surface area contributed by atoms with Gasteiger partial charge < -0.3 is 15.2 Å². The van der Waals surface area contributed by atoms with Crippen LogP contribution in [0.15, 0.2) is 46.9 Å². The second kappa shape index (κ2) is 10.2. The highest BCUT2D eigenvalue weighted by molar-refractivity contribution is 9.10. The minimum Gasteiger partial charge on any atom is -0.489 e. The maximum absolute atomic E-state index is 9.32. The van der Waals surface area contributed by atoms with E-state index in [-0.39, 0.29) is 18.5 Å². The monoisotopic (exact) mass is 419 g/mol. The van der Waals surface area contributed by atoms with Crippen molar-refractivity contribution in [2.75, 3.05) is 6.54 Å². The number of rotatable bonds is 7. The molecule has 2 aromatic carbocycles. The number of aliphatic hydroxyl groups is 1. The summed E-state index contributed by atoms with van der Waals surface area (Å²) in [5.41, 5.74) is 1.98. The van der Waals surface area contributed by atoms with Gasteiger partial charge in [0.05, 0.1) is 6.10 Å². The lowest BCUT2D eigenvalue weighted by molar-refractivity contribution is 0.190. The Morgan fingerprint density at radius 1 is 1.22 bits per heavy atom. The first-order valence-corrected chi connectivity index (χ1v) is 8.27. The molecule has 2 rings (SSSR count). The van der Waals surface area contributed by atoms with Crippen molar-refractivity contribution < 1.29 is 9.84 Å². The second-order valence-electron chi connectivity index (χ2n) is 5.11. The first-order chi connectivity index (χ1) is 10.6. The fraction of sp³-hybridized carbons (Fsp3) is 0.294. The van der Waals surface area contributed by atoms with E-state index in [1.54, 1.807) is 6.92 Å². The first-order valence-electron chi connectivity index (χ1n) is 7.09. The summed E-state index contributed by atoms with van der Waals surface area (Å²) in [4.78, 5) is 0. The van der Waals surface area contributed by atoms with Crippen LogP contribution in [0.3, 0.4) is 0 Å². The molecule has 3 nitrogen and oxygen atoms in total. The van der Waals surface area contributed by atoms with Gasteiger partial charge in [-0.3, -0.25) is 0 Å². The third kappa shape index (κ3) is 6.69. The van der Waals surface area contributed by atoms with Crippen molar-refractivity contribution in [3.63, 3.8) is 0 Å². The summed E-state index contributed by atoms with van der Waals surface area (Å²) in [7, 11) is 0. The summed E-state index contributed by atoms with van der Waals surface area (Å²) in [6, 6.07) is 13.5. The van der Waals surface area contributed by atoms with Gasteiger partial charge in [0.2, 0.25) is 0 Å². The fourth-order valence-corrected chi connectivity index (χ4v) is 2.61. The lowest BCUT2D eigenvalue weighted by Crippen LogP contribution is -2.24. The van der Waals surface area contributed by atoms with Crippen LogP contribution in [0.4, 0.5) is 0 Å². The molecule has 1 unspecified atom stereocenters. The van der Waals surface area contributed by atoms with Gasteiger partial charge in [-0.1, -0.05) is 45.7 Å². The van der Waals surface area contributed by atoms with Gasteiger partial charge in [0, 0.05) is 33.7 Å². The summed E-state index contributed by atoms with van der Waals surface area (Å²) in [5.74, 6) is 0.807. The van der Waals surface area contributed by atoms with E-state index in [0.717, 1.165) is 21.3 Å². The Hall–Kier alpha value is -0.780. The van der Waals surface area contributed by atoms with Crippen LogP contribution in [0.25, 0.3) is 0 Å². The molecule has 0 aromatic heterocycles. The highest BCUT2D eigenvalue weighted by Gasteiger charge is 2.07. The van der Waals surface area contributed by atoms with Crippen LogP contribution < -0.4 is 10.1 Å². The number of hydrogen-bond acceptors (Lipinski definition) is 3. The van der Waals surface area contributed by atoms with Gasteiger partial charge in [0.15, 0.2) is 0 Å². The fourth-order valence-electron chi connectivity index (χ4n) is 2.01. The van der Waals surface area contributed by atoms with E-state index in [4.69, 9.17) is 16.3 Å². The Bertz CT molecular complexity index is 623. The number of benzene rings is 2. The van der Waals surface area contributed by atoms with Crippen LogP contribution in [0.1, 0.15) is 18.1 Å². The van der Waals surface area contributed by atoms with Gasteiger partial charge in [-0.05, 0) is 31.2 Å². The van der Waals surface area contributed by atoms with Crippen LogP contribution in [0, 0.1) is 0 Å². The molecule has 0 heterocycles. The summed E-state index contributed by atoms with van der Waals surface area (Å²) >= 11 is 9.62. The van der Waals surface area contributed by atoms with Crippen molar-refractivity contribution in [3.05, 3.63) is 63.1 Å². The van der Waals surface area contributed by atoms with Gasteiger partial charge in [0.25, 0.3) is 0 Å². The topological polar surface area (TPSA) is 41.5 Å². The van der Waals surface area contributed by atoms with E-state index in [9.17, 15) is 5.11 Å². The molecule has 0 amide bonds. The second-order valence-corrected chi connectivity index (χ2v) is 6.43. The minimum absolute atomic E-state index is 0. The molecule has 0 bridgehead atoms. The first kappa shape index (κ1) is 20.3. The van der Waals surface area contributed by atoms with E-state index in [2.05, 4.69) is 21.2 Å². The molecule has 6 heteroatoms. The summed E-state index contributed by atoms with van der Waals surface area (Å²) < 4.78 is 6.90. The van der Waals surface area contributed by atoms with E-state index in [1.165, 1.54) is 0 Å². The zero-order chi connectivity index (χ0) is 15.9. The zero-order valence-electron chi connectivity index (χ0n) is 12.8. The lowest BCUT2D eigenvalue weighted by Gasteiger charge is -2.14. The van der Waals surface area contributed by atoms with Crippen LogP contribution in [0.5, 0.6) is 5.75 Å². The summed E-state index contributed by atoms with van der Waals surface area (Å²) in [6.07, 6.45) is -0.375. The predicted octanol–water partition coefficient (Wildman–Crippen LogP) is 4.57. The molecule has 126 valence electrons. The number of nitrogens with one attached hydrogen (secondary N) is 1. The molecule has 2 aromatic rings. The molecular weight excluding hydrogens is 401 g/mol. The Morgan fingerprint density at radius 2 is 1.96 bits per heavy atom. The number of hydrogen-bond donors (Lipinski definition) is 2. The van der Waals surface area contributed by atoms with Crippen molar-refractivity contribution in [1.82, 2.24) is 5.32 Å². The normalized spacial score (nSPS) is 11.7. The van der Waals surface area contributed by atoms with Gasteiger partial charge >= 0.3 is 0 Å². The minimum atomic E-state index is -0.375. The van der Waals surface area contributed by atoms with Crippen LogP contribution in [-0.2, 0) is 13.2 Å². The average molecular weight is 421 g/mol. The highest BCUT2D eigenvalue weighted by atomic mass is 79.9. The number of aliphatic hydroxyl groups excluding tert-OH is 1. The summed E-state index contributed by atoms with van der Waals surface area (Å²) in [5, 5.41) is 13.2. The lowest BCUT2D eigenvalue weighted by atomic mass is 10.2. The van der Waals surface area contributed by atoms with E-state index >= 15 is 0 Å². The van der Waals surface area contributed by atoms with Crippen molar-refractivity contribution in [2.45, 2.75) is 26.2 Å². The largest absolute Gasteiger partial charge is 0.489 e. The Labute approximate surface area is 156 Å². The van der Waals surface area contributed by atoms with Crippen molar-refractivity contribution in [1.29, 1.82) is 0 Å². The maximum atomic E-state index is 9.32. The van der Waals surface area contributed by atoms with Crippen LogP contribution in [-0.4, -0.2) is 17.8 Å². The molecular formula is C17H20BrCl2NO2. The van der Waals surface area contributed by atoms with Crippen molar-refractivity contribution in [2.24, 2.45) is 0 Å². The smallest absolute Gasteiger partial charge is 0.124 e. The molecule has 0 saturated heterocycles. The predicted molar refractivity (Wildman–Crippen MR) is 101 cm³/mol. The Kier molecular flexibility index (Phi) is 8.95. The Balaban J connectivity index is 0.00000264. The van der Waals surface area contributed by atoms with E-state index in [1.807, 2.05) is 42.5 Å². The molecule has 1 atom stereocenters. The quantitative estimate of drug-likeness (QED) is 0.689. The van der Waals surface area contributed by atoms with Crippen LogP contribution in [0.2, 0.25) is 5.02 Å². The summed E-state index contributed by atoms with van der Waals surface area (Å²) in [6.45, 7) is 3.34. The van der Waals surface area contributed by atoms with Gasteiger partial charge in [0.1, 0.15) is 12.4 Å². The molecule has 0 aliphatic heterocycles. The molecule has 2 N–H and O–H groups in total. The third-order valence-electron chi connectivity index (χ3n) is 3.12. The number of ether oxygens (including phenoxy) is 1. The van der Waals surface area contributed by atoms with Crippen molar-refractivity contribution in [3.8, 4) is 5.75 Å². The average Bonchev–Trinajstić information content (AvgIpc) is 2.47. The molecule has 0 aliphatic carbocycles. The molecule has 0 aliphatic rings. The van der Waals surface area contributed by atoms with Gasteiger partial charge in [-0.25, -0.2) is 0 Å². The van der Waals surface area contributed by atoms with Gasteiger partial charge in [-0.2, -0.15) is 0 Å². The van der Waals surface area contributed by atoms with Crippen LogP contribution >= 0.6 is 39.9 Å². The van der Waals surface area contributed by atoms with Crippen molar-refractivity contribution >= 4 is 39.9 Å². The maximum Gasteiger partial charge on any atom is 0.124 e. The Morgan fingerprint density at radius 3 is 2.65 bits per heavy atom. The molecule has 0 fully saturated rings. The highest BCUT2D eigenvalue weighted by Crippen LogP contribution is 2.25. The zero-order valence-corrected chi connectivity index (χ0v) is 15.9.